The van der Waals surface area contributed by atoms with E-state index in [1.165, 1.54) is 96.3 Å². The van der Waals surface area contributed by atoms with Crippen LogP contribution in [0.2, 0.25) is 0 Å². The van der Waals surface area contributed by atoms with Crippen molar-refractivity contribution in [2.45, 2.75) is 218 Å². The van der Waals surface area contributed by atoms with Gasteiger partial charge in [-0.3, -0.25) is 9.59 Å². The fraction of sp³-hybridized carbons (Fsp3) is 0.902. The van der Waals surface area contributed by atoms with Crippen LogP contribution < -0.4 is 0 Å². The van der Waals surface area contributed by atoms with E-state index in [-0.39, 0.29) is 32.7 Å². The van der Waals surface area contributed by atoms with Gasteiger partial charge in [0.1, 0.15) is 43.7 Å². The van der Waals surface area contributed by atoms with Crippen molar-refractivity contribution in [3.05, 3.63) is 12.2 Å². The zero-order valence-electron chi connectivity index (χ0n) is 32.4. The van der Waals surface area contributed by atoms with Crippen LogP contribution in [0.1, 0.15) is 181 Å². The molecule has 1 fully saturated rings. The third kappa shape index (κ3) is 26.0. The predicted molar refractivity (Wildman–Crippen MR) is 201 cm³/mol. The summed E-state index contributed by atoms with van der Waals surface area (Å²) in [5.41, 5.74) is 0. The highest BCUT2D eigenvalue weighted by Crippen LogP contribution is 2.23. The van der Waals surface area contributed by atoms with Gasteiger partial charge < -0.3 is 39.4 Å². The first-order valence-electron chi connectivity index (χ1n) is 20.8. The Morgan fingerprint density at radius 3 is 1.49 bits per heavy atom. The minimum Gasteiger partial charge on any atom is -0.463 e. The lowest BCUT2D eigenvalue weighted by Crippen LogP contribution is -2.59. The van der Waals surface area contributed by atoms with Crippen LogP contribution in [0, 0.1) is 0 Å². The summed E-state index contributed by atoms with van der Waals surface area (Å²) in [4.78, 5) is 24.4. The molecule has 6 atom stereocenters. The second kappa shape index (κ2) is 33.0. The van der Waals surface area contributed by atoms with Gasteiger partial charge in [0.25, 0.3) is 0 Å². The van der Waals surface area contributed by atoms with Crippen molar-refractivity contribution in [1.82, 2.24) is 0 Å². The average Bonchev–Trinajstić information content (AvgIpc) is 3.12. The topological polar surface area (TPSA) is 152 Å². The molecule has 0 unspecified atom stereocenters. The minimum absolute atomic E-state index is 0.257. The molecular formula is C41H76O10. The van der Waals surface area contributed by atoms with Gasteiger partial charge in [0.2, 0.25) is 0 Å². The van der Waals surface area contributed by atoms with E-state index in [1.807, 2.05) is 0 Å². The summed E-state index contributed by atoms with van der Waals surface area (Å²) >= 11 is 0. The van der Waals surface area contributed by atoms with Crippen LogP contribution in [0.15, 0.2) is 12.2 Å². The average molecular weight is 729 g/mol. The third-order valence-corrected chi connectivity index (χ3v) is 9.59. The molecule has 0 amide bonds. The molecule has 4 N–H and O–H groups in total. The van der Waals surface area contributed by atoms with Gasteiger partial charge in [-0.25, -0.2) is 0 Å². The molecule has 1 rings (SSSR count). The molecule has 0 bridgehead atoms. The summed E-state index contributed by atoms with van der Waals surface area (Å²) in [6.07, 6.45) is 25.0. The van der Waals surface area contributed by atoms with Crippen molar-refractivity contribution >= 4 is 11.9 Å². The second-order valence-electron chi connectivity index (χ2n) is 14.5. The molecule has 51 heavy (non-hydrogen) atoms. The number of carbonyl (C=O) groups is 2. The summed E-state index contributed by atoms with van der Waals surface area (Å²) in [6.45, 7) is 3.54. The van der Waals surface area contributed by atoms with E-state index in [2.05, 4.69) is 26.0 Å². The van der Waals surface area contributed by atoms with E-state index in [4.69, 9.17) is 18.9 Å². The minimum atomic E-state index is -1.60. The van der Waals surface area contributed by atoms with Crippen molar-refractivity contribution in [2.24, 2.45) is 0 Å². The van der Waals surface area contributed by atoms with Crippen LogP contribution in [0.3, 0.4) is 0 Å². The van der Waals surface area contributed by atoms with E-state index in [0.717, 1.165) is 57.8 Å². The van der Waals surface area contributed by atoms with Crippen LogP contribution in [-0.4, -0.2) is 89.0 Å². The summed E-state index contributed by atoms with van der Waals surface area (Å²) in [6, 6.07) is 0. The van der Waals surface area contributed by atoms with Gasteiger partial charge in [0, 0.05) is 12.8 Å². The number of unbranched alkanes of at least 4 members (excludes halogenated alkanes) is 21. The number of esters is 2. The first-order chi connectivity index (χ1) is 24.8. The van der Waals surface area contributed by atoms with Gasteiger partial charge >= 0.3 is 11.9 Å². The van der Waals surface area contributed by atoms with Crippen molar-refractivity contribution in [1.29, 1.82) is 0 Å². The predicted octanol–water partition coefficient (Wildman–Crippen LogP) is 8.00. The van der Waals surface area contributed by atoms with Crippen molar-refractivity contribution in [3.8, 4) is 0 Å². The smallest absolute Gasteiger partial charge is 0.305 e. The number of hydrogen-bond donors (Lipinski definition) is 4. The summed E-state index contributed by atoms with van der Waals surface area (Å²) in [5, 5.41) is 41.2. The third-order valence-electron chi connectivity index (χ3n) is 9.59. The molecule has 0 saturated carbocycles. The molecule has 1 aliphatic heterocycles. The van der Waals surface area contributed by atoms with Crippen LogP contribution in [0.5, 0.6) is 0 Å². The lowest BCUT2D eigenvalue weighted by molar-refractivity contribution is -0.305. The Balaban J connectivity index is 2.12. The summed E-state index contributed by atoms with van der Waals surface area (Å²) < 4.78 is 21.5. The molecule has 0 aromatic rings. The van der Waals surface area contributed by atoms with Crippen LogP contribution in [-0.2, 0) is 28.5 Å². The quantitative estimate of drug-likeness (QED) is 0.0291. The van der Waals surface area contributed by atoms with Crippen molar-refractivity contribution < 1.29 is 49.0 Å². The maximum atomic E-state index is 12.2. The van der Waals surface area contributed by atoms with Crippen molar-refractivity contribution in [2.75, 3.05) is 19.8 Å². The number of carbonyl (C=O) groups excluding carboxylic acids is 2. The molecule has 1 saturated heterocycles. The Hall–Kier alpha value is -1.56. The molecule has 1 aliphatic rings. The van der Waals surface area contributed by atoms with E-state index in [9.17, 15) is 30.0 Å². The molecule has 0 radical (unpaired) electrons. The second-order valence-corrected chi connectivity index (χ2v) is 14.5. The highest BCUT2D eigenvalue weighted by Gasteiger charge is 2.45. The number of rotatable bonds is 34. The van der Waals surface area contributed by atoms with E-state index in [0.29, 0.717) is 0 Å². The fourth-order valence-corrected chi connectivity index (χ4v) is 6.23. The molecule has 300 valence electrons. The Morgan fingerprint density at radius 1 is 0.569 bits per heavy atom. The van der Waals surface area contributed by atoms with Crippen LogP contribution >= 0.6 is 0 Å². The number of ether oxygens (including phenoxy) is 4. The molecule has 10 nitrogen and oxygen atoms in total. The Bertz CT molecular complexity index is 852. The standard InChI is InChI=1S/C41H76O10/c1-3-5-7-9-11-13-15-16-17-18-20-22-23-25-27-29-36(43)48-31-34(42)32-50-41-40(47)39(46)38(45)35(51-41)33-49-37(44)30-28-26-24-21-19-14-12-10-8-6-4-2/h16-17,34-35,38-42,45-47H,3-15,18-33H2,1-2H3/b17-16-/t34-,35-,38+,39+,40-,41-/m1/s1. The molecule has 0 aliphatic carbocycles. The van der Waals surface area contributed by atoms with Crippen LogP contribution in [0.25, 0.3) is 0 Å². The lowest BCUT2D eigenvalue weighted by Gasteiger charge is -2.40. The molecule has 0 aromatic heterocycles. The Morgan fingerprint density at radius 2 is 1.00 bits per heavy atom. The molecular weight excluding hydrogens is 652 g/mol. The van der Waals surface area contributed by atoms with Gasteiger partial charge in [-0.1, -0.05) is 142 Å². The molecule has 0 spiro atoms. The maximum absolute atomic E-state index is 12.2. The van der Waals surface area contributed by atoms with E-state index < -0.39 is 48.7 Å². The summed E-state index contributed by atoms with van der Waals surface area (Å²) in [7, 11) is 0. The fourth-order valence-electron chi connectivity index (χ4n) is 6.23. The first-order valence-corrected chi connectivity index (χ1v) is 20.8. The summed E-state index contributed by atoms with van der Waals surface area (Å²) in [5.74, 6) is -0.812. The zero-order chi connectivity index (χ0) is 37.4. The number of allylic oxidation sites excluding steroid dienone is 2. The number of aliphatic hydroxyl groups is 4. The molecule has 10 heteroatoms. The maximum Gasteiger partial charge on any atom is 0.305 e. The van der Waals surface area contributed by atoms with Gasteiger partial charge in [-0.15, -0.1) is 0 Å². The van der Waals surface area contributed by atoms with Gasteiger partial charge in [0.05, 0.1) is 6.61 Å². The highest BCUT2D eigenvalue weighted by molar-refractivity contribution is 5.69. The lowest BCUT2D eigenvalue weighted by atomic mass is 9.99. The van der Waals surface area contributed by atoms with Gasteiger partial charge in [-0.05, 0) is 38.5 Å². The SMILES string of the molecule is CCCCCCCC/C=C\CCCCCCCC(=O)OC[C@@H](O)CO[C@@H]1O[C@H](COC(=O)CCCCCCCCCCCCC)[C@H](O)[C@H](O)[C@H]1O. The normalized spacial score (nSPS) is 21.3. The highest BCUT2D eigenvalue weighted by atomic mass is 16.7. The monoisotopic (exact) mass is 729 g/mol. The molecule has 0 aromatic carbocycles. The van der Waals surface area contributed by atoms with E-state index in [1.54, 1.807) is 0 Å². The number of hydrogen-bond acceptors (Lipinski definition) is 10. The van der Waals surface area contributed by atoms with E-state index >= 15 is 0 Å². The Kier molecular flexibility index (Phi) is 30.7. The first kappa shape index (κ1) is 47.5. The largest absolute Gasteiger partial charge is 0.463 e. The Labute approximate surface area is 310 Å². The van der Waals surface area contributed by atoms with Gasteiger partial charge in [-0.2, -0.15) is 0 Å². The zero-order valence-corrected chi connectivity index (χ0v) is 32.4. The number of aliphatic hydroxyl groups excluding tert-OH is 4. The van der Waals surface area contributed by atoms with Gasteiger partial charge in [0.15, 0.2) is 6.29 Å². The van der Waals surface area contributed by atoms with Crippen molar-refractivity contribution in [3.63, 3.8) is 0 Å². The van der Waals surface area contributed by atoms with Crippen LogP contribution in [0.4, 0.5) is 0 Å². The molecule has 1 heterocycles.